The van der Waals surface area contributed by atoms with Gasteiger partial charge in [0.1, 0.15) is 0 Å². The van der Waals surface area contributed by atoms with Gasteiger partial charge in [-0.2, -0.15) is 4.68 Å². The number of carbonyl (C=O) groups is 1. The van der Waals surface area contributed by atoms with Crippen molar-refractivity contribution in [3.8, 4) is 5.69 Å². The molecule has 0 saturated carbocycles. The summed E-state index contributed by atoms with van der Waals surface area (Å²) in [5.41, 5.74) is 1.62. The van der Waals surface area contributed by atoms with E-state index >= 15 is 0 Å². The highest BCUT2D eigenvalue weighted by atomic mass is 32.2. The van der Waals surface area contributed by atoms with Gasteiger partial charge in [0, 0.05) is 10.9 Å². The minimum Gasteiger partial charge on any atom is -0.349 e. The molecule has 2 heterocycles. The summed E-state index contributed by atoms with van der Waals surface area (Å²) in [6.07, 6.45) is 1.93. The van der Waals surface area contributed by atoms with Gasteiger partial charge in [0.2, 0.25) is 0 Å². The maximum atomic E-state index is 12.8. The fourth-order valence-electron chi connectivity index (χ4n) is 3.22. The van der Waals surface area contributed by atoms with Crippen molar-refractivity contribution in [2.45, 2.75) is 29.5 Å². The second-order valence-electron chi connectivity index (χ2n) is 6.63. The number of rotatable bonds is 6. The molecule has 0 unspecified atom stereocenters. The van der Waals surface area contributed by atoms with Crippen LogP contribution in [0.25, 0.3) is 5.69 Å². The van der Waals surface area contributed by atoms with Gasteiger partial charge in [0.05, 0.1) is 17.0 Å². The molecule has 3 aromatic rings. The van der Waals surface area contributed by atoms with Crippen molar-refractivity contribution in [2.75, 3.05) is 13.1 Å². The number of piperidine rings is 1. The Kier molecular flexibility index (Phi) is 5.98. The highest BCUT2D eigenvalue weighted by Gasteiger charge is 2.19. The van der Waals surface area contributed by atoms with E-state index in [1.54, 1.807) is 16.4 Å². The Morgan fingerprint density at radius 3 is 2.68 bits per heavy atom. The number of benzene rings is 2. The van der Waals surface area contributed by atoms with E-state index in [1.165, 1.54) is 0 Å². The standard InChI is InChI=1S/C20H22N6OS/c27-20(22-15-10-12-21-13-11-15)17-8-4-5-9-18(17)28-14-19-23-24-25-26(19)16-6-2-1-3-7-16/h1-9,15,21H,10-14H2,(H,22,27). The molecule has 2 aromatic carbocycles. The number of thioether (sulfide) groups is 1. The fourth-order valence-corrected chi connectivity index (χ4v) is 4.17. The predicted molar refractivity (Wildman–Crippen MR) is 109 cm³/mol. The molecule has 1 saturated heterocycles. The molecular formula is C20H22N6OS. The number of hydrogen-bond donors (Lipinski definition) is 2. The van der Waals surface area contributed by atoms with Crippen molar-refractivity contribution in [1.82, 2.24) is 30.8 Å². The smallest absolute Gasteiger partial charge is 0.252 e. The van der Waals surface area contributed by atoms with E-state index < -0.39 is 0 Å². The lowest BCUT2D eigenvalue weighted by Crippen LogP contribution is -2.42. The zero-order chi connectivity index (χ0) is 19.2. The first-order valence-electron chi connectivity index (χ1n) is 9.37. The summed E-state index contributed by atoms with van der Waals surface area (Å²) in [5, 5.41) is 18.5. The van der Waals surface area contributed by atoms with Crippen molar-refractivity contribution in [3.63, 3.8) is 0 Å². The van der Waals surface area contributed by atoms with Crippen LogP contribution in [0.3, 0.4) is 0 Å². The second kappa shape index (κ2) is 8.99. The summed E-state index contributed by atoms with van der Waals surface area (Å²) >= 11 is 1.57. The monoisotopic (exact) mass is 394 g/mol. The number of nitrogens with zero attached hydrogens (tertiary/aromatic N) is 4. The molecule has 0 spiro atoms. The second-order valence-corrected chi connectivity index (χ2v) is 7.64. The van der Waals surface area contributed by atoms with Crippen molar-refractivity contribution >= 4 is 17.7 Å². The van der Waals surface area contributed by atoms with Gasteiger partial charge in [0.25, 0.3) is 5.91 Å². The number of nitrogens with one attached hydrogen (secondary N) is 2. The first-order chi connectivity index (χ1) is 13.8. The van der Waals surface area contributed by atoms with Crippen molar-refractivity contribution in [2.24, 2.45) is 0 Å². The number of hydrogen-bond acceptors (Lipinski definition) is 6. The van der Waals surface area contributed by atoms with Crippen LogP contribution in [0.15, 0.2) is 59.5 Å². The van der Waals surface area contributed by atoms with Crippen molar-refractivity contribution < 1.29 is 4.79 Å². The van der Waals surface area contributed by atoms with E-state index in [2.05, 4.69) is 26.2 Å². The van der Waals surface area contributed by atoms with Crippen LogP contribution in [0, 0.1) is 0 Å². The lowest BCUT2D eigenvalue weighted by atomic mass is 10.1. The maximum Gasteiger partial charge on any atom is 0.252 e. The molecule has 7 nitrogen and oxygen atoms in total. The topological polar surface area (TPSA) is 84.7 Å². The van der Waals surface area contributed by atoms with Crippen molar-refractivity contribution in [1.29, 1.82) is 0 Å². The molecule has 0 radical (unpaired) electrons. The Bertz CT molecular complexity index is 923. The zero-order valence-corrected chi connectivity index (χ0v) is 16.2. The Hall–Kier alpha value is -2.71. The molecule has 1 amide bonds. The molecule has 8 heteroatoms. The largest absolute Gasteiger partial charge is 0.349 e. The van der Waals surface area contributed by atoms with Gasteiger partial charge in [-0.3, -0.25) is 4.79 Å². The minimum atomic E-state index is -0.0161. The molecule has 0 bridgehead atoms. The fraction of sp³-hybridized carbons (Fsp3) is 0.300. The summed E-state index contributed by atoms with van der Waals surface area (Å²) in [7, 11) is 0. The Labute approximate surface area is 167 Å². The molecule has 1 aliphatic heterocycles. The third-order valence-electron chi connectivity index (χ3n) is 4.70. The first-order valence-corrected chi connectivity index (χ1v) is 10.4. The zero-order valence-electron chi connectivity index (χ0n) is 15.4. The van der Waals surface area contributed by atoms with Crippen LogP contribution >= 0.6 is 11.8 Å². The van der Waals surface area contributed by atoms with Crippen LogP contribution in [0.4, 0.5) is 0 Å². The van der Waals surface area contributed by atoms with E-state index in [0.29, 0.717) is 11.3 Å². The van der Waals surface area contributed by atoms with Gasteiger partial charge >= 0.3 is 0 Å². The molecule has 0 atom stereocenters. The molecule has 1 fully saturated rings. The summed E-state index contributed by atoms with van der Waals surface area (Å²) in [5.74, 6) is 1.29. The third-order valence-corrected chi connectivity index (χ3v) is 5.77. The molecule has 28 heavy (non-hydrogen) atoms. The average Bonchev–Trinajstić information content (AvgIpc) is 3.22. The van der Waals surface area contributed by atoms with Crippen LogP contribution in [0.5, 0.6) is 0 Å². The van der Waals surface area contributed by atoms with E-state index in [4.69, 9.17) is 0 Å². The molecule has 1 aliphatic rings. The van der Waals surface area contributed by atoms with Gasteiger partial charge in [-0.25, -0.2) is 0 Å². The number of para-hydroxylation sites is 1. The van der Waals surface area contributed by atoms with E-state index in [0.717, 1.165) is 42.3 Å². The van der Waals surface area contributed by atoms with Gasteiger partial charge in [-0.05, 0) is 60.6 Å². The van der Waals surface area contributed by atoms with Crippen LogP contribution in [0.1, 0.15) is 29.0 Å². The Morgan fingerprint density at radius 1 is 1.11 bits per heavy atom. The van der Waals surface area contributed by atoms with Crippen molar-refractivity contribution in [3.05, 3.63) is 66.0 Å². The molecule has 2 N–H and O–H groups in total. The summed E-state index contributed by atoms with van der Waals surface area (Å²) in [6.45, 7) is 1.90. The van der Waals surface area contributed by atoms with Gasteiger partial charge in [-0.1, -0.05) is 30.3 Å². The lowest BCUT2D eigenvalue weighted by molar-refractivity contribution is 0.0926. The number of tetrazole rings is 1. The molecule has 1 aromatic heterocycles. The van der Waals surface area contributed by atoms with E-state index in [-0.39, 0.29) is 11.9 Å². The van der Waals surface area contributed by atoms with Gasteiger partial charge in [0.15, 0.2) is 5.82 Å². The summed E-state index contributed by atoms with van der Waals surface area (Å²) in [6, 6.07) is 17.7. The first kappa shape index (κ1) is 18.6. The molecule has 0 aliphatic carbocycles. The van der Waals surface area contributed by atoms with Crippen LogP contribution in [-0.4, -0.2) is 45.2 Å². The minimum absolute atomic E-state index is 0.0161. The molecule has 4 rings (SSSR count). The number of carbonyl (C=O) groups excluding carboxylic acids is 1. The summed E-state index contributed by atoms with van der Waals surface area (Å²) in [4.78, 5) is 13.7. The number of amides is 1. The lowest BCUT2D eigenvalue weighted by Gasteiger charge is -2.24. The Balaban J connectivity index is 1.46. The maximum absolute atomic E-state index is 12.8. The predicted octanol–water partition coefficient (Wildman–Crippen LogP) is 2.44. The quantitative estimate of drug-likeness (QED) is 0.625. The third kappa shape index (κ3) is 4.40. The molecular weight excluding hydrogens is 372 g/mol. The Morgan fingerprint density at radius 2 is 1.86 bits per heavy atom. The van der Waals surface area contributed by atoms with Crippen LogP contribution in [-0.2, 0) is 5.75 Å². The van der Waals surface area contributed by atoms with Crippen LogP contribution < -0.4 is 10.6 Å². The molecule has 144 valence electrons. The highest BCUT2D eigenvalue weighted by Crippen LogP contribution is 2.26. The summed E-state index contributed by atoms with van der Waals surface area (Å²) < 4.78 is 1.73. The van der Waals surface area contributed by atoms with Gasteiger partial charge in [-0.15, -0.1) is 16.9 Å². The van der Waals surface area contributed by atoms with E-state index in [1.807, 2.05) is 54.6 Å². The highest BCUT2D eigenvalue weighted by molar-refractivity contribution is 7.98. The average molecular weight is 395 g/mol. The van der Waals surface area contributed by atoms with Gasteiger partial charge < -0.3 is 10.6 Å². The normalized spacial score (nSPS) is 14.7. The SMILES string of the molecule is O=C(NC1CCNCC1)c1ccccc1SCc1nnnn1-c1ccccc1. The number of aromatic nitrogens is 4. The van der Waals surface area contributed by atoms with E-state index in [9.17, 15) is 4.79 Å². The van der Waals surface area contributed by atoms with Crippen LogP contribution in [0.2, 0.25) is 0 Å².